The first kappa shape index (κ1) is 20.3. The first-order chi connectivity index (χ1) is 13.0. The quantitative estimate of drug-likeness (QED) is 0.792. The van der Waals surface area contributed by atoms with Gasteiger partial charge in [-0.2, -0.15) is 0 Å². The number of hydrogen-bond acceptors (Lipinski definition) is 5. The van der Waals surface area contributed by atoms with E-state index in [9.17, 15) is 9.90 Å². The van der Waals surface area contributed by atoms with Gasteiger partial charge in [-0.15, -0.1) is 0 Å². The molecule has 0 spiro atoms. The van der Waals surface area contributed by atoms with E-state index in [0.717, 1.165) is 69.9 Å². The van der Waals surface area contributed by atoms with E-state index in [4.69, 9.17) is 0 Å². The number of likely N-dealkylation sites (N-methyl/N-ethyl adjacent to an activating group) is 1. The van der Waals surface area contributed by atoms with E-state index in [1.165, 1.54) is 0 Å². The predicted octanol–water partition coefficient (Wildman–Crippen LogP) is 0.737. The van der Waals surface area contributed by atoms with Crippen molar-refractivity contribution in [2.75, 3.05) is 52.9 Å². The monoisotopic (exact) mass is 377 g/mol. The van der Waals surface area contributed by atoms with Crippen LogP contribution in [0.1, 0.15) is 30.7 Å². The Morgan fingerprint density at radius 1 is 1.22 bits per heavy atom. The number of imidazole rings is 1. The lowest BCUT2D eigenvalue weighted by Gasteiger charge is -2.46. The average molecular weight is 378 g/mol. The second-order valence-electron chi connectivity index (χ2n) is 8.20. The molecule has 2 saturated heterocycles. The number of piperidine rings is 1. The largest absolute Gasteiger partial charge is 0.396 e. The molecule has 0 bridgehead atoms. The van der Waals surface area contributed by atoms with Gasteiger partial charge in [0.1, 0.15) is 6.54 Å². The van der Waals surface area contributed by atoms with Gasteiger partial charge in [0.05, 0.1) is 12.0 Å². The van der Waals surface area contributed by atoms with Crippen molar-refractivity contribution in [3.63, 3.8) is 0 Å². The minimum Gasteiger partial charge on any atom is -0.396 e. The molecule has 0 saturated carbocycles. The molecule has 0 radical (unpaired) electrons. The Morgan fingerprint density at radius 3 is 2.59 bits per heavy atom. The molecule has 2 fully saturated rings. The number of aliphatic hydroxyl groups excluding tert-OH is 1. The molecule has 3 heterocycles. The molecule has 3 rings (SSSR count). The Bertz CT molecular complexity index is 624. The van der Waals surface area contributed by atoms with Gasteiger partial charge < -0.3 is 19.5 Å². The van der Waals surface area contributed by atoms with Crippen molar-refractivity contribution in [1.82, 2.24) is 24.3 Å². The van der Waals surface area contributed by atoms with Gasteiger partial charge in [0.25, 0.3) is 0 Å². The molecule has 0 unspecified atom stereocenters. The van der Waals surface area contributed by atoms with E-state index >= 15 is 0 Å². The number of amides is 1. The number of hydrogen-bond donors (Lipinski definition) is 1. The van der Waals surface area contributed by atoms with Crippen LogP contribution < -0.4 is 0 Å². The van der Waals surface area contributed by atoms with E-state index in [-0.39, 0.29) is 12.5 Å². The molecule has 0 aliphatic carbocycles. The number of rotatable bonds is 6. The van der Waals surface area contributed by atoms with Crippen LogP contribution in [0.15, 0.2) is 6.33 Å². The molecule has 2 aliphatic heterocycles. The van der Waals surface area contributed by atoms with Gasteiger partial charge in [-0.05, 0) is 46.1 Å². The van der Waals surface area contributed by atoms with Crippen molar-refractivity contribution >= 4 is 5.91 Å². The van der Waals surface area contributed by atoms with Crippen molar-refractivity contribution in [3.8, 4) is 0 Å². The van der Waals surface area contributed by atoms with Crippen molar-refractivity contribution in [3.05, 3.63) is 17.7 Å². The highest BCUT2D eigenvalue weighted by Crippen LogP contribution is 2.27. The lowest BCUT2D eigenvalue weighted by Crippen LogP contribution is -2.57. The van der Waals surface area contributed by atoms with Crippen molar-refractivity contribution in [2.24, 2.45) is 5.92 Å². The third-order valence-corrected chi connectivity index (χ3v) is 6.44. The summed E-state index contributed by atoms with van der Waals surface area (Å²) in [5, 5.41) is 9.32. The molecule has 152 valence electrons. The van der Waals surface area contributed by atoms with E-state index in [1.807, 2.05) is 23.3 Å². The normalized spacial score (nSPS) is 25.1. The number of carbonyl (C=O) groups excluding carboxylic acids is 1. The Labute approximate surface area is 162 Å². The van der Waals surface area contributed by atoms with Crippen LogP contribution in [0.5, 0.6) is 0 Å². The van der Waals surface area contributed by atoms with E-state index in [0.29, 0.717) is 18.5 Å². The lowest BCUT2D eigenvalue weighted by molar-refractivity contribution is -0.135. The zero-order valence-electron chi connectivity index (χ0n) is 17.1. The van der Waals surface area contributed by atoms with Crippen LogP contribution in [0.2, 0.25) is 0 Å². The van der Waals surface area contributed by atoms with Crippen LogP contribution in [0.4, 0.5) is 0 Å². The van der Waals surface area contributed by atoms with E-state index < -0.39 is 0 Å². The van der Waals surface area contributed by atoms with Crippen LogP contribution in [0.25, 0.3) is 0 Å². The number of piperazine rings is 1. The Balaban J connectivity index is 1.62. The molecule has 2 atom stereocenters. The van der Waals surface area contributed by atoms with Crippen molar-refractivity contribution in [2.45, 2.75) is 45.7 Å². The van der Waals surface area contributed by atoms with Crippen LogP contribution in [-0.4, -0.2) is 94.2 Å². The standard InChI is InChI=1S/C20H35N5O2/c1-16-17(2)25(15-21-16)14-20(27)24-7-6-19(18(13-24)5-4-12-26)23-10-8-22(3)9-11-23/h15,18-19,26H,4-14H2,1-3H3/t18-,19+/m0/s1. The number of aliphatic hydroxyl groups is 1. The zero-order valence-corrected chi connectivity index (χ0v) is 17.1. The van der Waals surface area contributed by atoms with Gasteiger partial charge in [0, 0.05) is 57.6 Å². The Kier molecular flexibility index (Phi) is 6.89. The minimum absolute atomic E-state index is 0.182. The fourth-order valence-corrected chi connectivity index (χ4v) is 4.47. The molecular formula is C20H35N5O2. The number of nitrogens with zero attached hydrogens (tertiary/aromatic N) is 5. The first-order valence-corrected chi connectivity index (χ1v) is 10.3. The van der Waals surface area contributed by atoms with Gasteiger partial charge in [0.15, 0.2) is 0 Å². The van der Waals surface area contributed by atoms with Crippen molar-refractivity contribution in [1.29, 1.82) is 0 Å². The number of aryl methyl sites for hydroxylation is 1. The molecule has 1 aromatic heterocycles. The highest BCUT2D eigenvalue weighted by atomic mass is 16.3. The fourth-order valence-electron chi connectivity index (χ4n) is 4.47. The van der Waals surface area contributed by atoms with E-state index in [2.05, 4.69) is 21.8 Å². The second kappa shape index (κ2) is 9.17. The second-order valence-corrected chi connectivity index (χ2v) is 8.20. The summed E-state index contributed by atoms with van der Waals surface area (Å²) in [6.07, 6.45) is 4.60. The van der Waals surface area contributed by atoms with Crippen LogP contribution in [0.3, 0.4) is 0 Å². The molecule has 7 nitrogen and oxygen atoms in total. The molecule has 1 aromatic rings. The number of aromatic nitrogens is 2. The van der Waals surface area contributed by atoms with Crippen LogP contribution >= 0.6 is 0 Å². The summed E-state index contributed by atoms with van der Waals surface area (Å²) in [5.74, 6) is 0.630. The highest BCUT2D eigenvalue weighted by molar-refractivity contribution is 5.76. The molecule has 0 aromatic carbocycles. The summed E-state index contributed by atoms with van der Waals surface area (Å²) >= 11 is 0. The maximum atomic E-state index is 12.9. The third kappa shape index (κ3) is 4.89. The molecule has 1 N–H and O–H groups in total. The highest BCUT2D eigenvalue weighted by Gasteiger charge is 2.35. The van der Waals surface area contributed by atoms with E-state index in [1.54, 1.807) is 6.33 Å². The summed E-state index contributed by atoms with van der Waals surface area (Å²) in [6, 6.07) is 0.534. The fraction of sp³-hybridized carbons (Fsp3) is 0.800. The van der Waals surface area contributed by atoms with Gasteiger partial charge in [-0.1, -0.05) is 0 Å². The Hall–Kier alpha value is -1.44. The minimum atomic E-state index is 0.182. The number of likely N-dealkylation sites (tertiary alicyclic amines) is 1. The number of carbonyl (C=O) groups is 1. The smallest absolute Gasteiger partial charge is 0.242 e. The summed E-state index contributed by atoms with van der Waals surface area (Å²) in [4.78, 5) is 24.2. The van der Waals surface area contributed by atoms with Crippen LogP contribution in [-0.2, 0) is 11.3 Å². The molecule has 2 aliphatic rings. The van der Waals surface area contributed by atoms with Gasteiger partial charge in [0.2, 0.25) is 5.91 Å². The van der Waals surface area contributed by atoms with Gasteiger partial charge in [-0.3, -0.25) is 9.69 Å². The van der Waals surface area contributed by atoms with Gasteiger partial charge >= 0.3 is 0 Å². The first-order valence-electron chi connectivity index (χ1n) is 10.3. The molecule has 27 heavy (non-hydrogen) atoms. The maximum Gasteiger partial charge on any atom is 0.242 e. The maximum absolute atomic E-state index is 12.9. The Morgan fingerprint density at radius 2 is 1.96 bits per heavy atom. The summed E-state index contributed by atoms with van der Waals surface area (Å²) in [6.45, 7) is 10.7. The summed E-state index contributed by atoms with van der Waals surface area (Å²) in [7, 11) is 2.18. The lowest BCUT2D eigenvalue weighted by atomic mass is 9.86. The predicted molar refractivity (Wildman–Crippen MR) is 106 cm³/mol. The third-order valence-electron chi connectivity index (χ3n) is 6.44. The molecule has 7 heteroatoms. The molecular weight excluding hydrogens is 342 g/mol. The van der Waals surface area contributed by atoms with Crippen molar-refractivity contribution < 1.29 is 9.90 Å². The summed E-state index contributed by atoms with van der Waals surface area (Å²) < 4.78 is 1.95. The summed E-state index contributed by atoms with van der Waals surface area (Å²) in [5.41, 5.74) is 2.05. The van der Waals surface area contributed by atoms with Crippen LogP contribution in [0, 0.1) is 19.8 Å². The SMILES string of the molecule is Cc1ncn(CC(=O)N2CC[C@@H](N3CCN(C)CC3)[C@@H](CCCO)C2)c1C. The molecule has 1 amide bonds. The van der Waals surface area contributed by atoms with Gasteiger partial charge in [-0.25, -0.2) is 4.98 Å². The zero-order chi connectivity index (χ0) is 19.4. The topological polar surface area (TPSA) is 64.8 Å². The average Bonchev–Trinajstić information content (AvgIpc) is 2.99.